The van der Waals surface area contributed by atoms with Crippen LogP contribution in [-0.2, 0) is 16.1 Å². The SMILES string of the molecule is CC1(C)SCCN(S(=O)[O-])[C@H]1C(=O)NO. The van der Waals surface area contributed by atoms with Crippen molar-refractivity contribution in [3.05, 3.63) is 0 Å². The summed E-state index contributed by atoms with van der Waals surface area (Å²) in [6.07, 6.45) is 0. The molecule has 0 aliphatic carbocycles. The average Bonchev–Trinajstić information content (AvgIpc) is 2.14. The number of carbonyl (C=O) groups is 1. The largest absolute Gasteiger partial charge is 0.760 e. The van der Waals surface area contributed by atoms with Crippen LogP contribution in [0, 0.1) is 0 Å². The Morgan fingerprint density at radius 3 is 2.80 bits per heavy atom. The maximum atomic E-state index is 11.4. The smallest absolute Gasteiger partial charge is 0.263 e. The van der Waals surface area contributed by atoms with E-state index in [-0.39, 0.29) is 6.54 Å². The number of nitrogens with one attached hydrogen (secondary N) is 1. The highest BCUT2D eigenvalue weighted by atomic mass is 32.2. The number of nitrogens with zero attached hydrogens (tertiary/aromatic N) is 1. The summed E-state index contributed by atoms with van der Waals surface area (Å²) in [6, 6.07) is -0.875. The Bertz CT molecular complexity index is 284. The fraction of sp³-hybridized carbons (Fsp3) is 0.857. The fourth-order valence-electron chi connectivity index (χ4n) is 1.62. The number of carbonyl (C=O) groups excluding carboxylic acids is 1. The van der Waals surface area contributed by atoms with Crippen molar-refractivity contribution in [2.24, 2.45) is 0 Å². The van der Waals surface area contributed by atoms with E-state index < -0.39 is 28.0 Å². The molecule has 1 fully saturated rings. The highest BCUT2D eigenvalue weighted by molar-refractivity contribution is 8.00. The Hall–Kier alpha value is -0.150. The molecule has 1 unspecified atom stereocenters. The molecule has 2 atom stereocenters. The van der Waals surface area contributed by atoms with E-state index in [0.29, 0.717) is 5.75 Å². The zero-order chi connectivity index (χ0) is 11.6. The summed E-state index contributed by atoms with van der Waals surface area (Å²) in [5.74, 6) is -0.0627. The normalized spacial score (nSPS) is 28.4. The number of hydroxylamine groups is 1. The maximum Gasteiger partial charge on any atom is 0.263 e. The number of rotatable bonds is 2. The molecule has 1 amide bonds. The molecule has 0 aromatic rings. The quantitative estimate of drug-likeness (QED) is 0.392. The summed E-state index contributed by atoms with van der Waals surface area (Å²) in [7, 11) is 0. The van der Waals surface area contributed by atoms with Gasteiger partial charge < -0.3 is 4.55 Å². The summed E-state index contributed by atoms with van der Waals surface area (Å²) in [6.45, 7) is 3.83. The first-order valence-corrected chi connectivity index (χ1v) is 6.36. The van der Waals surface area contributed by atoms with Crippen molar-refractivity contribution in [2.75, 3.05) is 12.3 Å². The number of hydrogen-bond donors (Lipinski definition) is 2. The van der Waals surface area contributed by atoms with E-state index in [2.05, 4.69) is 0 Å². The predicted molar refractivity (Wildman–Crippen MR) is 55.9 cm³/mol. The second-order valence-electron chi connectivity index (χ2n) is 3.69. The van der Waals surface area contributed by atoms with E-state index in [1.54, 1.807) is 13.8 Å². The van der Waals surface area contributed by atoms with Gasteiger partial charge in [-0.3, -0.25) is 14.2 Å². The highest BCUT2D eigenvalue weighted by Crippen LogP contribution is 2.35. The molecule has 0 aromatic heterocycles. The second kappa shape index (κ2) is 4.79. The molecule has 0 saturated carbocycles. The van der Waals surface area contributed by atoms with Gasteiger partial charge in [0.15, 0.2) is 0 Å². The van der Waals surface area contributed by atoms with Crippen LogP contribution in [0.4, 0.5) is 0 Å². The van der Waals surface area contributed by atoms with Gasteiger partial charge in [-0.15, -0.1) is 0 Å². The Balaban J connectivity index is 2.97. The minimum absolute atomic E-state index is 0.280. The zero-order valence-corrected chi connectivity index (χ0v) is 10.1. The van der Waals surface area contributed by atoms with Crippen molar-refractivity contribution in [2.45, 2.75) is 24.6 Å². The minimum atomic E-state index is -2.45. The standard InChI is InChI=1S/C7H14N2O4S2/c1-7(2)5(6(10)8-11)9(15(12)13)3-4-14-7/h5,11H,3-4H2,1-2H3,(H,8,10)(H,12,13)/p-1/t5-/m0/s1. The third-order valence-electron chi connectivity index (χ3n) is 2.28. The van der Waals surface area contributed by atoms with Crippen LogP contribution in [-0.4, -0.2) is 47.3 Å². The lowest BCUT2D eigenvalue weighted by Gasteiger charge is -2.44. The van der Waals surface area contributed by atoms with Crippen molar-refractivity contribution in [1.29, 1.82) is 0 Å². The summed E-state index contributed by atoms with van der Waals surface area (Å²) in [4.78, 5) is 11.4. The second-order valence-corrected chi connectivity index (χ2v) is 6.34. The Kier molecular flexibility index (Phi) is 4.13. The van der Waals surface area contributed by atoms with Gasteiger partial charge in [-0.25, -0.2) is 9.79 Å². The van der Waals surface area contributed by atoms with E-state index in [1.807, 2.05) is 0 Å². The summed E-state index contributed by atoms with van der Waals surface area (Å²) >= 11 is -0.946. The molecular weight excluding hydrogens is 240 g/mol. The molecule has 0 aromatic carbocycles. The lowest BCUT2D eigenvalue weighted by atomic mass is 10.0. The van der Waals surface area contributed by atoms with E-state index >= 15 is 0 Å². The first-order chi connectivity index (χ1) is 6.90. The van der Waals surface area contributed by atoms with Crippen LogP contribution in [0.1, 0.15) is 13.8 Å². The molecule has 1 aliphatic heterocycles. The topological polar surface area (TPSA) is 92.7 Å². The molecule has 0 radical (unpaired) electrons. The van der Waals surface area contributed by atoms with Gasteiger partial charge in [0, 0.05) is 28.3 Å². The van der Waals surface area contributed by atoms with Crippen LogP contribution in [0.15, 0.2) is 0 Å². The molecule has 88 valence electrons. The number of amides is 1. The summed E-state index contributed by atoms with van der Waals surface area (Å²) in [5.41, 5.74) is 1.51. The van der Waals surface area contributed by atoms with Crippen LogP contribution in [0.3, 0.4) is 0 Å². The molecule has 0 bridgehead atoms. The van der Waals surface area contributed by atoms with Gasteiger partial charge >= 0.3 is 0 Å². The zero-order valence-electron chi connectivity index (χ0n) is 8.43. The van der Waals surface area contributed by atoms with Gasteiger partial charge in [0.05, 0.1) is 0 Å². The molecule has 15 heavy (non-hydrogen) atoms. The monoisotopic (exact) mass is 253 g/mol. The molecule has 1 rings (SSSR count). The molecule has 6 nitrogen and oxygen atoms in total. The maximum absolute atomic E-state index is 11.4. The van der Waals surface area contributed by atoms with Crippen LogP contribution in [0.25, 0.3) is 0 Å². The van der Waals surface area contributed by atoms with Crippen molar-refractivity contribution in [3.8, 4) is 0 Å². The molecule has 1 saturated heterocycles. The summed E-state index contributed by atoms with van der Waals surface area (Å²) < 4.78 is 22.4. The molecule has 2 N–H and O–H groups in total. The Morgan fingerprint density at radius 2 is 2.33 bits per heavy atom. The van der Waals surface area contributed by atoms with E-state index in [4.69, 9.17) is 5.21 Å². The van der Waals surface area contributed by atoms with Gasteiger partial charge in [0.2, 0.25) is 0 Å². The lowest BCUT2D eigenvalue weighted by Crippen LogP contribution is -2.59. The molecule has 1 heterocycles. The fourth-order valence-corrected chi connectivity index (χ4v) is 3.78. The van der Waals surface area contributed by atoms with E-state index in [1.165, 1.54) is 17.2 Å². The van der Waals surface area contributed by atoms with Gasteiger partial charge in [0.1, 0.15) is 6.04 Å². The van der Waals surface area contributed by atoms with E-state index in [9.17, 15) is 13.6 Å². The third-order valence-corrected chi connectivity index (χ3v) is 4.41. The minimum Gasteiger partial charge on any atom is -0.760 e. The van der Waals surface area contributed by atoms with Gasteiger partial charge in [0.25, 0.3) is 5.91 Å². The summed E-state index contributed by atoms with van der Waals surface area (Å²) in [5, 5.41) is 8.58. The van der Waals surface area contributed by atoms with Crippen LogP contribution >= 0.6 is 11.8 Å². The number of hydrogen-bond acceptors (Lipinski definition) is 5. The lowest BCUT2D eigenvalue weighted by molar-refractivity contribution is -0.134. The van der Waals surface area contributed by atoms with Crippen molar-refractivity contribution < 1.29 is 18.8 Å². The first kappa shape index (κ1) is 12.9. The average molecular weight is 253 g/mol. The van der Waals surface area contributed by atoms with Crippen molar-refractivity contribution in [3.63, 3.8) is 0 Å². The van der Waals surface area contributed by atoms with Gasteiger partial charge in [-0.1, -0.05) is 0 Å². The molecular formula is C7H13N2O4S2-. The third kappa shape index (κ3) is 2.70. The predicted octanol–water partition coefficient (Wildman–Crippen LogP) is -0.518. The van der Waals surface area contributed by atoms with Gasteiger partial charge in [-0.2, -0.15) is 11.8 Å². The first-order valence-electron chi connectivity index (χ1n) is 4.34. The van der Waals surface area contributed by atoms with Crippen LogP contribution in [0.5, 0.6) is 0 Å². The van der Waals surface area contributed by atoms with E-state index in [0.717, 1.165) is 4.31 Å². The van der Waals surface area contributed by atoms with Gasteiger partial charge in [-0.05, 0) is 13.8 Å². The van der Waals surface area contributed by atoms with Crippen molar-refractivity contribution in [1.82, 2.24) is 9.79 Å². The van der Waals surface area contributed by atoms with Crippen LogP contribution < -0.4 is 5.48 Å². The molecule has 0 spiro atoms. The number of thioether (sulfide) groups is 1. The van der Waals surface area contributed by atoms with Crippen LogP contribution in [0.2, 0.25) is 0 Å². The van der Waals surface area contributed by atoms with Crippen molar-refractivity contribution >= 4 is 28.9 Å². The molecule has 8 heteroatoms. The Labute approximate surface area is 94.8 Å². The molecule has 1 aliphatic rings. The highest BCUT2D eigenvalue weighted by Gasteiger charge is 2.43. The Morgan fingerprint density at radius 1 is 1.73 bits per heavy atom.